The second kappa shape index (κ2) is 8.84. The molecule has 1 fully saturated rings. The Kier molecular flexibility index (Phi) is 7.83. The molecule has 1 saturated heterocycles. The van der Waals surface area contributed by atoms with E-state index in [2.05, 4.69) is 55.4 Å². The molecule has 0 aliphatic carbocycles. The number of rotatable bonds is 3. The van der Waals surface area contributed by atoms with Gasteiger partial charge in [0.05, 0.1) is 0 Å². The van der Waals surface area contributed by atoms with Gasteiger partial charge in [-0.1, -0.05) is 28.1 Å². The lowest BCUT2D eigenvalue weighted by atomic mass is 10.0. The third kappa shape index (κ3) is 5.57. The van der Waals surface area contributed by atoms with Crippen LogP contribution in [0, 0.1) is 0 Å². The molecule has 0 amide bonds. The molecule has 20 heavy (non-hydrogen) atoms. The number of hydrogen-bond donors (Lipinski definition) is 2. The summed E-state index contributed by atoms with van der Waals surface area (Å²) in [5.41, 5.74) is 7.06. The van der Waals surface area contributed by atoms with Crippen LogP contribution >= 0.6 is 39.9 Å². The second-order valence-electron chi connectivity index (χ2n) is 4.93. The van der Waals surface area contributed by atoms with Crippen molar-refractivity contribution >= 4 is 45.9 Å². The Morgan fingerprint density at radius 2 is 1.95 bits per heavy atom. The molecule has 1 aliphatic rings. The van der Waals surface area contributed by atoms with Gasteiger partial charge in [-0.3, -0.25) is 9.89 Å². The molecule has 112 valence electrons. The summed E-state index contributed by atoms with van der Waals surface area (Å²) in [6.45, 7) is 3.23. The zero-order chi connectivity index (χ0) is 13.7. The highest BCUT2D eigenvalue weighted by Gasteiger charge is 2.19. The van der Waals surface area contributed by atoms with Gasteiger partial charge in [0, 0.05) is 37.2 Å². The van der Waals surface area contributed by atoms with E-state index in [-0.39, 0.29) is 24.0 Å². The molecular formula is C14H22BrIN4. The van der Waals surface area contributed by atoms with E-state index in [0.29, 0.717) is 12.0 Å². The van der Waals surface area contributed by atoms with Crippen LogP contribution in [0.2, 0.25) is 0 Å². The molecule has 6 heteroatoms. The predicted octanol–water partition coefficient (Wildman–Crippen LogP) is 2.57. The van der Waals surface area contributed by atoms with Crippen LogP contribution < -0.4 is 11.1 Å². The maximum absolute atomic E-state index is 5.70. The number of nitrogens with one attached hydrogen (secondary N) is 1. The van der Waals surface area contributed by atoms with Gasteiger partial charge < -0.3 is 11.1 Å². The van der Waals surface area contributed by atoms with Crippen molar-refractivity contribution in [3.63, 3.8) is 0 Å². The van der Waals surface area contributed by atoms with Gasteiger partial charge in [0.1, 0.15) is 0 Å². The van der Waals surface area contributed by atoms with E-state index in [1.807, 2.05) is 0 Å². The lowest BCUT2D eigenvalue weighted by Crippen LogP contribution is -2.46. The first-order chi connectivity index (χ1) is 9.17. The van der Waals surface area contributed by atoms with Gasteiger partial charge in [0.25, 0.3) is 0 Å². The average Bonchev–Trinajstić information content (AvgIpc) is 2.43. The van der Waals surface area contributed by atoms with Gasteiger partial charge in [-0.05, 0) is 30.5 Å². The SMILES string of the molecule is CN=C(N)NC1CCN(Cc2ccc(Br)cc2)CC1.I. The van der Waals surface area contributed by atoms with Crippen LogP contribution in [0.15, 0.2) is 33.7 Å². The lowest BCUT2D eigenvalue weighted by molar-refractivity contribution is 0.199. The van der Waals surface area contributed by atoms with Gasteiger partial charge in [-0.15, -0.1) is 24.0 Å². The molecule has 1 heterocycles. The largest absolute Gasteiger partial charge is 0.370 e. The number of guanidine groups is 1. The highest BCUT2D eigenvalue weighted by molar-refractivity contribution is 14.0. The number of piperidine rings is 1. The normalized spacial score (nSPS) is 17.6. The molecule has 3 N–H and O–H groups in total. The van der Waals surface area contributed by atoms with Crippen LogP contribution in [0.3, 0.4) is 0 Å². The summed E-state index contributed by atoms with van der Waals surface area (Å²) < 4.78 is 1.13. The molecule has 0 atom stereocenters. The van der Waals surface area contributed by atoms with E-state index in [0.717, 1.165) is 36.9 Å². The molecule has 0 aromatic heterocycles. The molecular weight excluding hydrogens is 431 g/mol. The molecule has 0 radical (unpaired) electrons. The van der Waals surface area contributed by atoms with Crippen molar-refractivity contribution in [2.24, 2.45) is 10.7 Å². The highest BCUT2D eigenvalue weighted by atomic mass is 127. The fraction of sp³-hybridized carbons (Fsp3) is 0.500. The fourth-order valence-corrected chi connectivity index (χ4v) is 2.62. The Balaban J connectivity index is 0.00000200. The van der Waals surface area contributed by atoms with Crippen LogP contribution in [0.25, 0.3) is 0 Å². The van der Waals surface area contributed by atoms with Gasteiger partial charge in [-0.2, -0.15) is 0 Å². The molecule has 0 unspecified atom stereocenters. The zero-order valence-electron chi connectivity index (χ0n) is 11.7. The Labute approximate surface area is 146 Å². The van der Waals surface area contributed by atoms with Crippen molar-refractivity contribution in [2.45, 2.75) is 25.4 Å². The predicted molar refractivity (Wildman–Crippen MR) is 98.5 cm³/mol. The van der Waals surface area contributed by atoms with Crippen molar-refractivity contribution in [1.82, 2.24) is 10.2 Å². The van der Waals surface area contributed by atoms with Crippen molar-refractivity contribution in [3.8, 4) is 0 Å². The van der Waals surface area contributed by atoms with Crippen LogP contribution in [-0.4, -0.2) is 37.0 Å². The first-order valence-corrected chi connectivity index (χ1v) is 7.42. The summed E-state index contributed by atoms with van der Waals surface area (Å²) in [4.78, 5) is 6.43. The molecule has 0 saturated carbocycles. The Bertz CT molecular complexity index is 427. The molecule has 0 spiro atoms. The first kappa shape index (κ1) is 17.7. The van der Waals surface area contributed by atoms with E-state index >= 15 is 0 Å². The molecule has 1 aliphatic heterocycles. The van der Waals surface area contributed by atoms with Crippen molar-refractivity contribution < 1.29 is 0 Å². The van der Waals surface area contributed by atoms with Gasteiger partial charge in [-0.25, -0.2) is 0 Å². The minimum Gasteiger partial charge on any atom is -0.370 e. The number of nitrogens with two attached hydrogens (primary N) is 1. The monoisotopic (exact) mass is 452 g/mol. The van der Waals surface area contributed by atoms with Gasteiger partial charge in [0.2, 0.25) is 0 Å². The molecule has 1 aromatic carbocycles. The second-order valence-corrected chi connectivity index (χ2v) is 5.85. The number of hydrogen-bond acceptors (Lipinski definition) is 2. The number of benzene rings is 1. The summed E-state index contributed by atoms with van der Waals surface area (Å²) in [7, 11) is 1.71. The first-order valence-electron chi connectivity index (χ1n) is 6.63. The Morgan fingerprint density at radius 3 is 2.50 bits per heavy atom. The van der Waals surface area contributed by atoms with E-state index < -0.39 is 0 Å². The number of aliphatic imine (C=N–C) groups is 1. The summed E-state index contributed by atoms with van der Waals surface area (Å²) in [6, 6.07) is 9.01. The van der Waals surface area contributed by atoms with Crippen molar-refractivity contribution in [2.75, 3.05) is 20.1 Å². The van der Waals surface area contributed by atoms with Crippen LogP contribution in [-0.2, 0) is 6.54 Å². The summed E-state index contributed by atoms with van der Waals surface area (Å²) in [6.07, 6.45) is 2.24. The third-order valence-corrected chi connectivity index (χ3v) is 4.03. The third-order valence-electron chi connectivity index (χ3n) is 3.50. The zero-order valence-corrected chi connectivity index (χ0v) is 15.6. The average molecular weight is 453 g/mol. The fourth-order valence-electron chi connectivity index (χ4n) is 2.36. The van der Waals surface area contributed by atoms with Gasteiger partial charge in [0.15, 0.2) is 5.96 Å². The lowest BCUT2D eigenvalue weighted by Gasteiger charge is -2.32. The summed E-state index contributed by atoms with van der Waals surface area (Å²) >= 11 is 3.46. The van der Waals surface area contributed by atoms with Crippen LogP contribution in [0.4, 0.5) is 0 Å². The maximum atomic E-state index is 5.70. The topological polar surface area (TPSA) is 53.6 Å². The minimum absolute atomic E-state index is 0. The van der Waals surface area contributed by atoms with Crippen molar-refractivity contribution in [1.29, 1.82) is 0 Å². The molecule has 2 rings (SSSR count). The van der Waals surface area contributed by atoms with Crippen molar-refractivity contribution in [3.05, 3.63) is 34.3 Å². The molecule has 4 nitrogen and oxygen atoms in total. The molecule has 0 bridgehead atoms. The smallest absolute Gasteiger partial charge is 0.188 e. The van der Waals surface area contributed by atoms with E-state index in [9.17, 15) is 0 Å². The quantitative estimate of drug-likeness (QED) is 0.421. The van der Waals surface area contributed by atoms with Gasteiger partial charge >= 0.3 is 0 Å². The standard InChI is InChI=1S/C14H21BrN4.HI/c1-17-14(16)18-13-6-8-19(9-7-13)10-11-2-4-12(15)5-3-11;/h2-5,13H,6-10H2,1H3,(H3,16,17,18);1H. The Hall–Kier alpha value is -0.340. The van der Waals surface area contributed by atoms with E-state index in [1.54, 1.807) is 7.05 Å². The summed E-state index contributed by atoms with van der Waals surface area (Å²) in [5, 5.41) is 3.26. The van der Waals surface area contributed by atoms with E-state index in [4.69, 9.17) is 5.73 Å². The summed E-state index contributed by atoms with van der Waals surface area (Å²) in [5.74, 6) is 0.548. The number of halogens is 2. The number of likely N-dealkylation sites (tertiary alicyclic amines) is 1. The minimum atomic E-state index is 0. The maximum Gasteiger partial charge on any atom is 0.188 e. The van der Waals surface area contributed by atoms with Crippen LogP contribution in [0.5, 0.6) is 0 Å². The highest BCUT2D eigenvalue weighted by Crippen LogP contribution is 2.16. The Morgan fingerprint density at radius 1 is 1.35 bits per heavy atom. The number of nitrogens with zero attached hydrogens (tertiary/aromatic N) is 2. The van der Waals surface area contributed by atoms with Crippen LogP contribution in [0.1, 0.15) is 18.4 Å². The molecule has 1 aromatic rings. The van der Waals surface area contributed by atoms with E-state index in [1.165, 1.54) is 5.56 Å².